The zero-order valence-electron chi connectivity index (χ0n) is 16.7. The molecular formula is C25H28N2O. The van der Waals surface area contributed by atoms with Crippen molar-refractivity contribution in [3.63, 3.8) is 0 Å². The maximum atomic E-state index is 13.6. The summed E-state index contributed by atoms with van der Waals surface area (Å²) in [6.07, 6.45) is 4.85. The molecule has 3 heteroatoms. The van der Waals surface area contributed by atoms with E-state index < -0.39 is 0 Å². The van der Waals surface area contributed by atoms with Crippen molar-refractivity contribution < 1.29 is 4.79 Å². The van der Waals surface area contributed by atoms with Crippen LogP contribution in [0.1, 0.15) is 54.8 Å². The predicted octanol–water partition coefficient (Wildman–Crippen LogP) is 5.37. The van der Waals surface area contributed by atoms with Crippen molar-refractivity contribution in [2.24, 2.45) is 17.8 Å². The number of urea groups is 1. The molecule has 6 atom stereocenters. The van der Waals surface area contributed by atoms with Gasteiger partial charge in [0.15, 0.2) is 0 Å². The molecule has 0 aromatic heterocycles. The van der Waals surface area contributed by atoms with Gasteiger partial charge in [0, 0.05) is 19.0 Å². The molecular weight excluding hydrogens is 344 g/mol. The molecule has 6 rings (SSSR count). The average Bonchev–Trinajstić information content (AvgIpc) is 3.11. The molecule has 0 radical (unpaired) electrons. The van der Waals surface area contributed by atoms with E-state index in [0.29, 0.717) is 23.8 Å². The SMILES string of the molecule is CC1CCC2C(C1)[C@H]1Cc3ccccc3[C@H]1[C@H]1c3ccccc3N(C)C(=O)N21. The highest BCUT2D eigenvalue weighted by atomic mass is 16.2. The molecule has 2 aromatic rings. The lowest BCUT2D eigenvalue weighted by Crippen LogP contribution is -2.61. The molecule has 2 aliphatic heterocycles. The minimum atomic E-state index is 0.184. The van der Waals surface area contributed by atoms with Gasteiger partial charge in [-0.2, -0.15) is 0 Å². The second-order valence-electron chi connectivity index (χ2n) is 9.49. The minimum absolute atomic E-state index is 0.184. The first kappa shape index (κ1) is 16.6. The molecule has 2 amide bonds. The van der Waals surface area contributed by atoms with E-state index in [9.17, 15) is 4.79 Å². The summed E-state index contributed by atoms with van der Waals surface area (Å²) in [5.41, 5.74) is 5.44. The Morgan fingerprint density at radius 1 is 0.929 bits per heavy atom. The van der Waals surface area contributed by atoms with E-state index in [1.165, 1.54) is 36.0 Å². The Labute approximate surface area is 167 Å². The number of rotatable bonds is 0. The number of hydrogen-bond acceptors (Lipinski definition) is 1. The summed E-state index contributed by atoms with van der Waals surface area (Å²) in [5, 5.41) is 0. The topological polar surface area (TPSA) is 23.6 Å². The van der Waals surface area contributed by atoms with Gasteiger partial charge in [0.25, 0.3) is 0 Å². The summed E-state index contributed by atoms with van der Waals surface area (Å²) in [4.78, 5) is 17.8. The van der Waals surface area contributed by atoms with Crippen molar-refractivity contribution >= 4 is 11.7 Å². The zero-order valence-corrected chi connectivity index (χ0v) is 16.7. The molecule has 2 heterocycles. The largest absolute Gasteiger partial charge is 0.325 e. The summed E-state index contributed by atoms with van der Waals surface area (Å²) in [7, 11) is 1.95. The Morgan fingerprint density at radius 3 is 2.54 bits per heavy atom. The van der Waals surface area contributed by atoms with Gasteiger partial charge in [-0.05, 0) is 66.2 Å². The summed E-state index contributed by atoms with van der Waals surface area (Å²) in [6, 6.07) is 18.4. The van der Waals surface area contributed by atoms with Gasteiger partial charge in [-0.3, -0.25) is 4.90 Å². The van der Waals surface area contributed by atoms with Crippen LogP contribution in [0.2, 0.25) is 0 Å². The van der Waals surface area contributed by atoms with Crippen molar-refractivity contribution in [1.82, 2.24) is 4.90 Å². The molecule has 1 saturated heterocycles. The van der Waals surface area contributed by atoms with E-state index in [4.69, 9.17) is 0 Å². The van der Waals surface area contributed by atoms with Crippen molar-refractivity contribution in [2.45, 2.75) is 50.6 Å². The van der Waals surface area contributed by atoms with Crippen LogP contribution in [0.15, 0.2) is 48.5 Å². The van der Waals surface area contributed by atoms with Gasteiger partial charge < -0.3 is 4.90 Å². The Bertz CT molecular complexity index is 953. The molecule has 2 aromatic carbocycles. The highest BCUT2D eigenvalue weighted by molar-refractivity contribution is 5.95. The first-order valence-corrected chi connectivity index (χ1v) is 10.9. The maximum absolute atomic E-state index is 13.6. The van der Waals surface area contributed by atoms with Crippen LogP contribution in [-0.4, -0.2) is 24.0 Å². The van der Waals surface area contributed by atoms with Crippen LogP contribution in [0.25, 0.3) is 0 Å². The van der Waals surface area contributed by atoms with E-state index in [-0.39, 0.29) is 12.1 Å². The second-order valence-corrected chi connectivity index (χ2v) is 9.49. The number of hydrogen-bond donors (Lipinski definition) is 0. The Kier molecular flexibility index (Phi) is 3.48. The third kappa shape index (κ3) is 2.08. The van der Waals surface area contributed by atoms with Gasteiger partial charge in [0.05, 0.1) is 11.7 Å². The summed E-state index contributed by atoms with van der Waals surface area (Å²) in [5.74, 6) is 2.49. The number of anilines is 1. The summed E-state index contributed by atoms with van der Waals surface area (Å²) in [6.45, 7) is 2.40. The number of para-hydroxylation sites is 1. The quantitative estimate of drug-likeness (QED) is 0.609. The standard InChI is InChI=1S/C25H28N2O/c1-15-11-12-22-19(13-15)20-14-16-7-3-4-8-17(16)23(20)24-18-9-5-6-10-21(18)26(2)25(28)27(22)24/h3-10,15,19-20,22-24H,11-14H2,1-2H3/t15?,19?,20-,22?,23-,24-/m1/s1. The van der Waals surface area contributed by atoms with E-state index in [1.54, 1.807) is 0 Å². The molecule has 0 N–H and O–H groups in total. The smallest absolute Gasteiger partial charge is 0.313 e. The van der Waals surface area contributed by atoms with Crippen LogP contribution >= 0.6 is 0 Å². The number of fused-ring (bicyclic) bond motifs is 10. The number of nitrogens with zero attached hydrogens (tertiary/aromatic N) is 2. The minimum Gasteiger partial charge on any atom is -0.313 e. The fraction of sp³-hybridized carbons (Fsp3) is 0.480. The van der Waals surface area contributed by atoms with Gasteiger partial charge in [0.2, 0.25) is 0 Å². The fourth-order valence-electron chi connectivity index (χ4n) is 7.00. The third-order valence-corrected chi connectivity index (χ3v) is 8.13. The molecule has 28 heavy (non-hydrogen) atoms. The fourth-order valence-corrected chi connectivity index (χ4v) is 7.00. The lowest BCUT2D eigenvalue weighted by Gasteiger charge is -2.58. The first-order valence-electron chi connectivity index (χ1n) is 10.9. The summed E-state index contributed by atoms with van der Waals surface area (Å²) < 4.78 is 0. The number of benzene rings is 2. The number of piperidine rings is 1. The molecule has 3 nitrogen and oxygen atoms in total. The maximum Gasteiger partial charge on any atom is 0.325 e. The highest BCUT2D eigenvalue weighted by Crippen LogP contribution is 2.61. The molecule has 4 aliphatic rings. The Balaban J connectivity index is 1.58. The molecule has 2 fully saturated rings. The van der Waals surface area contributed by atoms with E-state index in [1.807, 2.05) is 11.9 Å². The van der Waals surface area contributed by atoms with Crippen LogP contribution in [0.4, 0.5) is 10.5 Å². The van der Waals surface area contributed by atoms with E-state index >= 15 is 0 Å². The molecule has 3 unspecified atom stereocenters. The van der Waals surface area contributed by atoms with Gasteiger partial charge in [-0.25, -0.2) is 4.79 Å². The van der Waals surface area contributed by atoms with E-state index in [0.717, 1.165) is 18.0 Å². The van der Waals surface area contributed by atoms with Crippen molar-refractivity contribution in [2.75, 3.05) is 11.9 Å². The Hall–Kier alpha value is -2.29. The second kappa shape index (κ2) is 5.85. The lowest BCUT2D eigenvalue weighted by atomic mass is 9.62. The molecule has 1 saturated carbocycles. The van der Waals surface area contributed by atoms with Crippen LogP contribution in [0.5, 0.6) is 0 Å². The number of amides is 2. The molecule has 144 valence electrons. The Morgan fingerprint density at radius 2 is 1.68 bits per heavy atom. The third-order valence-electron chi connectivity index (χ3n) is 8.13. The van der Waals surface area contributed by atoms with Crippen LogP contribution < -0.4 is 4.90 Å². The highest BCUT2D eigenvalue weighted by Gasteiger charge is 2.57. The molecule has 0 spiro atoms. The van der Waals surface area contributed by atoms with Crippen LogP contribution in [0.3, 0.4) is 0 Å². The van der Waals surface area contributed by atoms with Crippen molar-refractivity contribution in [1.29, 1.82) is 0 Å². The van der Waals surface area contributed by atoms with Gasteiger partial charge >= 0.3 is 6.03 Å². The normalized spacial score (nSPS) is 35.6. The zero-order chi connectivity index (χ0) is 19.0. The average molecular weight is 373 g/mol. The number of carbonyl (C=O) groups excluding carboxylic acids is 1. The van der Waals surface area contributed by atoms with Crippen LogP contribution in [-0.2, 0) is 6.42 Å². The predicted molar refractivity (Wildman–Crippen MR) is 111 cm³/mol. The number of carbonyl (C=O) groups is 1. The van der Waals surface area contributed by atoms with Crippen LogP contribution in [0, 0.1) is 17.8 Å². The van der Waals surface area contributed by atoms with Crippen molar-refractivity contribution in [3.8, 4) is 0 Å². The van der Waals surface area contributed by atoms with Gasteiger partial charge in [-0.15, -0.1) is 0 Å². The lowest BCUT2D eigenvalue weighted by molar-refractivity contribution is -0.0174. The molecule has 2 aliphatic carbocycles. The van der Waals surface area contributed by atoms with Crippen molar-refractivity contribution in [3.05, 3.63) is 65.2 Å². The molecule has 0 bridgehead atoms. The summed E-state index contributed by atoms with van der Waals surface area (Å²) >= 11 is 0. The van der Waals surface area contributed by atoms with E-state index in [2.05, 4.69) is 60.4 Å². The van der Waals surface area contributed by atoms with Gasteiger partial charge in [-0.1, -0.05) is 49.4 Å². The monoisotopic (exact) mass is 372 g/mol. The first-order chi connectivity index (χ1) is 13.6. The van der Waals surface area contributed by atoms with Gasteiger partial charge in [0.1, 0.15) is 0 Å².